The van der Waals surface area contributed by atoms with Gasteiger partial charge in [0.1, 0.15) is 34.3 Å². The Morgan fingerprint density at radius 3 is 2.67 bits per heavy atom. The quantitative estimate of drug-likeness (QED) is 0.149. The maximum atomic E-state index is 12.7. The van der Waals surface area contributed by atoms with Crippen LogP contribution >= 0.6 is 0 Å². The van der Waals surface area contributed by atoms with Gasteiger partial charge in [-0.05, 0) is 23.8 Å². The maximum absolute atomic E-state index is 12.7. The number of hydrogen-bond donors (Lipinski definition) is 1. The molecular formula is C26H15N3O7. The second kappa shape index (κ2) is 8.73. The van der Waals surface area contributed by atoms with E-state index in [0.717, 1.165) is 0 Å². The number of rotatable bonds is 4. The molecule has 0 amide bonds. The number of benzene rings is 3. The minimum atomic E-state index is -0.929. The number of esters is 1. The Bertz CT molecular complexity index is 1700. The van der Waals surface area contributed by atoms with Crippen LogP contribution in [0.4, 0.5) is 5.69 Å². The summed E-state index contributed by atoms with van der Waals surface area (Å²) in [6, 6.07) is 20.4. The van der Waals surface area contributed by atoms with Crippen LogP contribution in [0.2, 0.25) is 0 Å². The molecule has 0 aliphatic carbocycles. The van der Waals surface area contributed by atoms with Gasteiger partial charge in [-0.1, -0.05) is 36.4 Å². The molecule has 0 saturated carbocycles. The fraction of sp³-hybridized carbons (Fsp3) is 0.0385. The van der Waals surface area contributed by atoms with Crippen LogP contribution in [0.15, 0.2) is 93.5 Å². The molecule has 1 aliphatic rings. The fourth-order valence-electron chi connectivity index (χ4n) is 4.03. The second-order valence-corrected chi connectivity index (χ2v) is 7.85. The SMILES string of the molecule is N#CC1=C(N)Oc2cc(OC(=O)c3cc4ccccc4oc3=O)ccc2C1c1cccc([N+](=O)[O-])c1. The van der Waals surface area contributed by atoms with Gasteiger partial charge in [0.25, 0.3) is 5.69 Å². The molecule has 1 atom stereocenters. The molecule has 176 valence electrons. The number of nitriles is 1. The van der Waals surface area contributed by atoms with E-state index >= 15 is 0 Å². The predicted octanol–water partition coefficient (Wildman–Crippen LogP) is 4.14. The zero-order chi connectivity index (χ0) is 25.4. The van der Waals surface area contributed by atoms with Gasteiger partial charge in [0.05, 0.1) is 10.8 Å². The molecule has 36 heavy (non-hydrogen) atoms. The highest BCUT2D eigenvalue weighted by Crippen LogP contribution is 2.44. The van der Waals surface area contributed by atoms with Crippen LogP contribution in [0.3, 0.4) is 0 Å². The number of fused-ring (bicyclic) bond motifs is 2. The van der Waals surface area contributed by atoms with Gasteiger partial charge in [-0.3, -0.25) is 10.1 Å². The van der Waals surface area contributed by atoms with Crippen molar-refractivity contribution >= 4 is 22.6 Å². The highest BCUT2D eigenvalue weighted by atomic mass is 16.6. The molecule has 2 heterocycles. The molecule has 0 radical (unpaired) electrons. The predicted molar refractivity (Wildman–Crippen MR) is 126 cm³/mol. The molecule has 10 nitrogen and oxygen atoms in total. The van der Waals surface area contributed by atoms with Gasteiger partial charge in [0.15, 0.2) is 0 Å². The molecule has 2 N–H and O–H groups in total. The van der Waals surface area contributed by atoms with Crippen LogP contribution in [0.1, 0.15) is 27.4 Å². The number of non-ortho nitro benzene ring substituents is 1. The molecule has 10 heteroatoms. The maximum Gasteiger partial charge on any atom is 0.351 e. The summed E-state index contributed by atoms with van der Waals surface area (Å²) >= 11 is 0. The molecule has 1 aromatic heterocycles. The van der Waals surface area contributed by atoms with E-state index in [0.29, 0.717) is 22.1 Å². The van der Waals surface area contributed by atoms with E-state index in [1.165, 1.54) is 36.4 Å². The van der Waals surface area contributed by atoms with Crippen molar-refractivity contribution in [3.8, 4) is 17.6 Å². The van der Waals surface area contributed by atoms with Crippen molar-refractivity contribution in [2.24, 2.45) is 5.73 Å². The van der Waals surface area contributed by atoms with Crippen molar-refractivity contribution < 1.29 is 23.6 Å². The Morgan fingerprint density at radius 1 is 1.08 bits per heavy atom. The zero-order valence-electron chi connectivity index (χ0n) is 18.3. The van der Waals surface area contributed by atoms with Crippen LogP contribution in [-0.4, -0.2) is 10.9 Å². The number of ether oxygens (including phenoxy) is 2. The minimum Gasteiger partial charge on any atom is -0.440 e. The van der Waals surface area contributed by atoms with E-state index in [9.17, 15) is 25.0 Å². The summed E-state index contributed by atoms with van der Waals surface area (Å²) < 4.78 is 16.2. The third-order valence-electron chi connectivity index (χ3n) is 5.68. The molecule has 0 saturated heterocycles. The lowest BCUT2D eigenvalue weighted by molar-refractivity contribution is -0.384. The van der Waals surface area contributed by atoms with Crippen LogP contribution in [0.25, 0.3) is 11.0 Å². The Hall–Kier alpha value is -5.43. The number of nitro groups is 1. The number of para-hydroxylation sites is 1. The molecule has 4 aromatic rings. The third-order valence-corrected chi connectivity index (χ3v) is 5.68. The summed E-state index contributed by atoms with van der Waals surface area (Å²) in [5.74, 6) is -1.60. The second-order valence-electron chi connectivity index (χ2n) is 7.85. The standard InChI is InChI=1S/C26H15N3O7/c27-13-20-23(15-5-3-6-16(10-15)29(32)33)18-9-8-17(12-22(18)35-24(20)28)34-25(30)19-11-14-4-1-2-7-21(14)36-26(19)31/h1-12,23H,28H2. The monoisotopic (exact) mass is 481 g/mol. The van der Waals surface area contributed by atoms with E-state index in [-0.39, 0.29) is 34.2 Å². The lowest BCUT2D eigenvalue weighted by atomic mass is 9.83. The van der Waals surface area contributed by atoms with Gasteiger partial charge in [0.2, 0.25) is 5.88 Å². The molecule has 0 bridgehead atoms. The van der Waals surface area contributed by atoms with Crippen LogP contribution in [0, 0.1) is 21.4 Å². The molecule has 1 unspecified atom stereocenters. The molecule has 0 fully saturated rings. The number of carbonyl (C=O) groups is 1. The number of hydrogen-bond acceptors (Lipinski definition) is 9. The summed E-state index contributed by atoms with van der Waals surface area (Å²) in [7, 11) is 0. The number of nitrogens with two attached hydrogens (primary N) is 1. The van der Waals surface area contributed by atoms with Gasteiger partial charge in [-0.25, -0.2) is 9.59 Å². The zero-order valence-corrected chi connectivity index (χ0v) is 18.3. The van der Waals surface area contributed by atoms with Crippen molar-refractivity contribution in [1.29, 1.82) is 5.26 Å². The topological polar surface area (TPSA) is 159 Å². The first-order chi connectivity index (χ1) is 17.4. The number of allylic oxidation sites excluding steroid dienone is 1. The minimum absolute atomic E-state index is 0.0531. The van der Waals surface area contributed by atoms with Crippen LogP contribution in [-0.2, 0) is 0 Å². The first kappa shape index (κ1) is 22.4. The number of nitrogens with zero attached hydrogens (tertiary/aromatic N) is 2. The Balaban J connectivity index is 1.51. The highest BCUT2D eigenvalue weighted by molar-refractivity contribution is 5.94. The first-order valence-electron chi connectivity index (χ1n) is 10.6. The molecule has 5 rings (SSSR count). The van der Waals surface area contributed by atoms with E-state index in [4.69, 9.17) is 19.6 Å². The van der Waals surface area contributed by atoms with Crippen molar-refractivity contribution in [3.63, 3.8) is 0 Å². The molecular weight excluding hydrogens is 466 g/mol. The first-order valence-corrected chi connectivity index (χ1v) is 10.6. The van der Waals surface area contributed by atoms with Crippen LogP contribution in [0.5, 0.6) is 11.5 Å². The molecule has 1 aliphatic heterocycles. The lowest BCUT2D eigenvalue weighted by Crippen LogP contribution is -2.22. The summed E-state index contributed by atoms with van der Waals surface area (Å²) in [4.78, 5) is 35.8. The largest absolute Gasteiger partial charge is 0.440 e. The third kappa shape index (κ3) is 3.91. The Labute approximate surface area is 202 Å². The Kier molecular flexibility index (Phi) is 5.43. The van der Waals surface area contributed by atoms with Crippen molar-refractivity contribution in [2.75, 3.05) is 0 Å². The average Bonchev–Trinajstić information content (AvgIpc) is 2.87. The Morgan fingerprint density at radius 2 is 1.89 bits per heavy atom. The fourth-order valence-corrected chi connectivity index (χ4v) is 4.03. The molecule has 3 aromatic carbocycles. The lowest BCUT2D eigenvalue weighted by Gasteiger charge is -2.26. The van der Waals surface area contributed by atoms with Crippen molar-refractivity contribution in [3.05, 3.63) is 121 Å². The summed E-state index contributed by atoms with van der Waals surface area (Å²) in [6.45, 7) is 0. The van der Waals surface area contributed by atoms with Gasteiger partial charge in [-0.2, -0.15) is 5.26 Å². The summed E-state index contributed by atoms with van der Waals surface area (Å²) in [5.41, 5.74) is 6.09. The summed E-state index contributed by atoms with van der Waals surface area (Å²) in [6.07, 6.45) is 0. The van der Waals surface area contributed by atoms with Gasteiger partial charge >= 0.3 is 11.6 Å². The number of nitro benzene ring substituents is 1. The van der Waals surface area contributed by atoms with E-state index < -0.39 is 22.4 Å². The van der Waals surface area contributed by atoms with E-state index in [2.05, 4.69) is 0 Å². The normalized spacial score (nSPS) is 14.5. The molecule has 0 spiro atoms. The number of carbonyl (C=O) groups excluding carboxylic acids is 1. The van der Waals surface area contributed by atoms with Gasteiger partial charge < -0.3 is 19.6 Å². The van der Waals surface area contributed by atoms with Gasteiger partial charge in [0, 0.05) is 29.1 Å². The van der Waals surface area contributed by atoms with Crippen molar-refractivity contribution in [1.82, 2.24) is 0 Å². The van der Waals surface area contributed by atoms with E-state index in [1.807, 2.05) is 6.07 Å². The van der Waals surface area contributed by atoms with Crippen LogP contribution < -0.4 is 20.8 Å². The van der Waals surface area contributed by atoms with Crippen molar-refractivity contribution in [2.45, 2.75) is 5.92 Å². The smallest absolute Gasteiger partial charge is 0.351 e. The average molecular weight is 481 g/mol. The van der Waals surface area contributed by atoms with E-state index in [1.54, 1.807) is 36.4 Å². The van der Waals surface area contributed by atoms with Gasteiger partial charge in [-0.15, -0.1) is 0 Å². The highest BCUT2D eigenvalue weighted by Gasteiger charge is 2.32. The summed E-state index contributed by atoms with van der Waals surface area (Å²) in [5, 5.41) is 21.5.